The Kier molecular flexibility index (Phi) is 7.34. The van der Waals surface area contributed by atoms with Gasteiger partial charge in [-0.05, 0) is 86.5 Å². The molecule has 3 aromatic rings. The Morgan fingerprint density at radius 3 is 2.12 bits per heavy atom. The summed E-state index contributed by atoms with van der Waals surface area (Å²) in [4.78, 5) is 24.8. The van der Waals surface area contributed by atoms with Crippen LogP contribution in [0.15, 0.2) is 71.6 Å². The summed E-state index contributed by atoms with van der Waals surface area (Å²) < 4.78 is 32.9. The highest BCUT2D eigenvalue weighted by Gasteiger charge is 2.15. The number of benzene rings is 3. The van der Waals surface area contributed by atoms with Crippen LogP contribution < -0.4 is 20.3 Å². The first-order valence-corrected chi connectivity index (χ1v) is 11.7. The number of sulfonamides is 1. The number of anilines is 1. The van der Waals surface area contributed by atoms with E-state index >= 15 is 0 Å². The van der Waals surface area contributed by atoms with E-state index < -0.39 is 21.8 Å². The van der Waals surface area contributed by atoms with Crippen molar-refractivity contribution in [2.24, 2.45) is 0 Å². The number of ether oxygens (including phenoxy) is 1. The van der Waals surface area contributed by atoms with Crippen LogP contribution in [0.1, 0.15) is 38.8 Å². The van der Waals surface area contributed by atoms with Gasteiger partial charge in [0.25, 0.3) is 21.8 Å². The van der Waals surface area contributed by atoms with Gasteiger partial charge in [0.2, 0.25) is 0 Å². The highest BCUT2D eigenvalue weighted by atomic mass is 32.2. The summed E-state index contributed by atoms with van der Waals surface area (Å²) in [6.45, 7) is 6.06. The predicted octanol–water partition coefficient (Wildman–Crippen LogP) is 3.58. The molecule has 3 rings (SSSR count). The van der Waals surface area contributed by atoms with Crippen LogP contribution in [0.5, 0.6) is 5.75 Å². The zero-order chi connectivity index (χ0) is 24.0. The lowest BCUT2D eigenvalue weighted by Gasteiger charge is -2.11. The van der Waals surface area contributed by atoms with Crippen LogP contribution in [-0.4, -0.2) is 26.8 Å². The second-order valence-electron chi connectivity index (χ2n) is 7.24. The molecule has 0 aromatic heterocycles. The predicted molar refractivity (Wildman–Crippen MR) is 126 cm³/mol. The van der Waals surface area contributed by atoms with Crippen molar-refractivity contribution < 1.29 is 22.7 Å². The fourth-order valence-corrected chi connectivity index (χ4v) is 4.09. The Bertz CT molecular complexity index is 1250. The molecule has 2 amide bonds. The molecule has 0 saturated carbocycles. The van der Waals surface area contributed by atoms with E-state index in [1.165, 1.54) is 36.4 Å². The molecule has 0 aliphatic rings. The SMILES string of the molecule is CCOc1ccc(S(=O)(=O)Nc2ccc(C(=O)NNC(=O)c3cccc(C)c3C)cc2)cc1. The second kappa shape index (κ2) is 10.2. The maximum Gasteiger partial charge on any atom is 0.269 e. The van der Waals surface area contributed by atoms with Gasteiger partial charge in [-0.1, -0.05) is 12.1 Å². The minimum absolute atomic E-state index is 0.0851. The summed E-state index contributed by atoms with van der Waals surface area (Å²) in [6, 6.07) is 17.3. The van der Waals surface area contributed by atoms with Gasteiger partial charge in [0.05, 0.1) is 11.5 Å². The minimum Gasteiger partial charge on any atom is -0.494 e. The zero-order valence-corrected chi connectivity index (χ0v) is 19.3. The molecule has 9 heteroatoms. The van der Waals surface area contributed by atoms with Gasteiger partial charge in [-0.25, -0.2) is 8.42 Å². The maximum atomic E-state index is 12.6. The smallest absolute Gasteiger partial charge is 0.269 e. The Labute approximate surface area is 193 Å². The number of nitrogens with one attached hydrogen (secondary N) is 3. The summed E-state index contributed by atoms with van der Waals surface area (Å²) >= 11 is 0. The van der Waals surface area contributed by atoms with Crippen molar-refractivity contribution in [2.45, 2.75) is 25.7 Å². The van der Waals surface area contributed by atoms with Crippen LogP contribution in [0, 0.1) is 13.8 Å². The van der Waals surface area contributed by atoms with Crippen molar-refractivity contribution in [2.75, 3.05) is 11.3 Å². The average Bonchev–Trinajstić information content (AvgIpc) is 2.80. The second-order valence-corrected chi connectivity index (χ2v) is 8.93. The van der Waals surface area contributed by atoms with Crippen LogP contribution >= 0.6 is 0 Å². The van der Waals surface area contributed by atoms with E-state index in [9.17, 15) is 18.0 Å². The number of hydrogen-bond acceptors (Lipinski definition) is 5. The Morgan fingerprint density at radius 2 is 1.48 bits per heavy atom. The van der Waals surface area contributed by atoms with Gasteiger partial charge in [0.15, 0.2) is 0 Å². The molecule has 0 aliphatic heterocycles. The normalized spacial score (nSPS) is 10.9. The molecule has 0 bridgehead atoms. The third-order valence-corrected chi connectivity index (χ3v) is 6.38. The third kappa shape index (κ3) is 5.89. The molecule has 0 heterocycles. The van der Waals surface area contributed by atoms with E-state index in [2.05, 4.69) is 15.6 Å². The lowest BCUT2D eigenvalue weighted by molar-refractivity contribution is 0.0846. The van der Waals surface area contributed by atoms with Gasteiger partial charge in [-0.15, -0.1) is 0 Å². The number of hydrogen-bond donors (Lipinski definition) is 3. The van der Waals surface area contributed by atoms with E-state index in [0.717, 1.165) is 11.1 Å². The van der Waals surface area contributed by atoms with E-state index in [1.807, 2.05) is 26.8 Å². The van der Waals surface area contributed by atoms with Crippen LogP contribution in [-0.2, 0) is 10.0 Å². The van der Waals surface area contributed by atoms with Crippen molar-refractivity contribution in [3.63, 3.8) is 0 Å². The molecule has 33 heavy (non-hydrogen) atoms. The van der Waals surface area contributed by atoms with Crippen molar-refractivity contribution in [3.8, 4) is 5.75 Å². The first-order valence-electron chi connectivity index (χ1n) is 10.2. The van der Waals surface area contributed by atoms with Crippen LogP contribution in [0.4, 0.5) is 5.69 Å². The summed E-state index contributed by atoms with van der Waals surface area (Å²) in [7, 11) is -3.80. The number of carbonyl (C=O) groups excluding carboxylic acids is 2. The lowest BCUT2D eigenvalue weighted by Crippen LogP contribution is -2.41. The Morgan fingerprint density at radius 1 is 0.848 bits per heavy atom. The number of amides is 2. The van der Waals surface area contributed by atoms with Gasteiger partial charge in [0, 0.05) is 16.8 Å². The highest BCUT2D eigenvalue weighted by Crippen LogP contribution is 2.20. The van der Waals surface area contributed by atoms with Gasteiger partial charge in [-0.3, -0.25) is 25.2 Å². The molecule has 172 valence electrons. The van der Waals surface area contributed by atoms with E-state index in [-0.39, 0.29) is 10.5 Å². The molecule has 3 N–H and O–H groups in total. The fraction of sp³-hybridized carbons (Fsp3) is 0.167. The van der Waals surface area contributed by atoms with Crippen molar-refractivity contribution in [1.29, 1.82) is 0 Å². The van der Waals surface area contributed by atoms with E-state index in [1.54, 1.807) is 24.3 Å². The average molecular weight is 468 g/mol. The van der Waals surface area contributed by atoms with Crippen LogP contribution in [0.25, 0.3) is 0 Å². The maximum absolute atomic E-state index is 12.6. The zero-order valence-electron chi connectivity index (χ0n) is 18.5. The molecule has 0 fully saturated rings. The standard InChI is InChI=1S/C24H25N3O5S/c1-4-32-20-12-14-21(15-13-20)33(30,31)27-19-10-8-18(9-11-19)23(28)25-26-24(29)22-7-5-6-16(2)17(22)3/h5-15,27H,4H2,1-3H3,(H,25,28)(H,26,29). The topological polar surface area (TPSA) is 114 Å². The molecular formula is C24H25N3O5S. The fourth-order valence-electron chi connectivity index (χ4n) is 3.04. The monoisotopic (exact) mass is 467 g/mol. The van der Waals surface area contributed by atoms with Gasteiger partial charge >= 0.3 is 0 Å². The minimum atomic E-state index is -3.80. The molecule has 8 nitrogen and oxygen atoms in total. The van der Waals surface area contributed by atoms with E-state index in [4.69, 9.17) is 4.74 Å². The van der Waals surface area contributed by atoms with Gasteiger partial charge < -0.3 is 4.74 Å². The van der Waals surface area contributed by atoms with Crippen LogP contribution in [0.3, 0.4) is 0 Å². The molecule has 0 spiro atoms. The molecule has 0 atom stereocenters. The van der Waals surface area contributed by atoms with Crippen molar-refractivity contribution in [3.05, 3.63) is 89.0 Å². The summed E-state index contributed by atoms with van der Waals surface area (Å²) in [5.41, 5.74) is 7.56. The van der Waals surface area contributed by atoms with Crippen molar-refractivity contribution in [1.82, 2.24) is 10.9 Å². The summed E-state index contributed by atoms with van der Waals surface area (Å²) in [6.07, 6.45) is 0. The first-order chi connectivity index (χ1) is 15.7. The molecule has 0 unspecified atom stereocenters. The molecule has 3 aromatic carbocycles. The third-order valence-electron chi connectivity index (χ3n) is 4.98. The van der Waals surface area contributed by atoms with E-state index in [0.29, 0.717) is 23.6 Å². The molecule has 0 saturated heterocycles. The lowest BCUT2D eigenvalue weighted by atomic mass is 10.0. The molecular weight excluding hydrogens is 442 g/mol. The quantitative estimate of drug-likeness (QED) is 0.460. The highest BCUT2D eigenvalue weighted by molar-refractivity contribution is 7.92. The number of hydrazine groups is 1. The van der Waals surface area contributed by atoms with Crippen LogP contribution in [0.2, 0.25) is 0 Å². The number of carbonyl (C=O) groups is 2. The summed E-state index contributed by atoms with van der Waals surface area (Å²) in [5.74, 6) is -0.379. The summed E-state index contributed by atoms with van der Waals surface area (Å²) in [5, 5.41) is 0. The van der Waals surface area contributed by atoms with Crippen molar-refractivity contribution >= 4 is 27.5 Å². The first kappa shape index (κ1) is 23.8. The largest absolute Gasteiger partial charge is 0.494 e. The van der Waals surface area contributed by atoms with Gasteiger partial charge in [0.1, 0.15) is 5.75 Å². The Balaban J connectivity index is 1.61. The molecule has 0 radical (unpaired) electrons. The van der Waals surface area contributed by atoms with Gasteiger partial charge in [-0.2, -0.15) is 0 Å². The molecule has 0 aliphatic carbocycles. The number of rotatable bonds is 7. The Hall–Kier alpha value is -3.85. The number of aryl methyl sites for hydroxylation is 1.